The molecule has 2 aromatic carbocycles. The average Bonchev–Trinajstić information content (AvgIpc) is 3.12. The lowest BCUT2D eigenvalue weighted by Gasteiger charge is -2.09. The summed E-state index contributed by atoms with van der Waals surface area (Å²) in [4.78, 5) is 8.51. The van der Waals surface area contributed by atoms with Crippen molar-refractivity contribution in [1.29, 1.82) is 0 Å². The monoisotopic (exact) mass is 368 g/mol. The number of hydrogen-bond acceptors (Lipinski definition) is 6. The maximum Gasteiger partial charge on any atom is 0.231 e. The van der Waals surface area contributed by atoms with Crippen LogP contribution in [-0.2, 0) is 6.42 Å². The van der Waals surface area contributed by atoms with Crippen LogP contribution in [0.3, 0.4) is 0 Å². The van der Waals surface area contributed by atoms with Gasteiger partial charge in [-0.05, 0) is 36.2 Å². The lowest BCUT2D eigenvalue weighted by atomic mass is 10.1. The van der Waals surface area contributed by atoms with Crippen molar-refractivity contribution in [3.63, 3.8) is 0 Å². The van der Waals surface area contributed by atoms with Crippen LogP contribution < -0.4 is 20.1 Å². The Morgan fingerprint density at radius 1 is 0.923 bits per heavy atom. The molecule has 3 aromatic rings. The van der Waals surface area contributed by atoms with Gasteiger partial charge in [-0.2, -0.15) is 0 Å². The summed E-state index contributed by atoms with van der Waals surface area (Å²) < 4.78 is 10.7. The van der Waals surface area contributed by atoms with E-state index in [0.717, 1.165) is 41.0 Å². The molecule has 1 aromatic heterocycles. The zero-order valence-electron chi connectivity index (χ0n) is 13.9. The maximum atomic E-state index is 5.90. The van der Waals surface area contributed by atoms with Gasteiger partial charge in [0.1, 0.15) is 18.0 Å². The average molecular weight is 369 g/mol. The first-order chi connectivity index (χ1) is 12.8. The van der Waals surface area contributed by atoms with Gasteiger partial charge in [0, 0.05) is 29.4 Å². The maximum absolute atomic E-state index is 5.90. The molecule has 2 N–H and O–H groups in total. The molecule has 0 amide bonds. The van der Waals surface area contributed by atoms with E-state index in [1.165, 1.54) is 11.9 Å². The summed E-state index contributed by atoms with van der Waals surface area (Å²) in [5, 5.41) is 7.30. The smallest absolute Gasteiger partial charge is 0.231 e. The topological polar surface area (TPSA) is 68.3 Å². The van der Waals surface area contributed by atoms with E-state index >= 15 is 0 Å². The van der Waals surface area contributed by atoms with Crippen LogP contribution in [0.4, 0.5) is 17.3 Å². The van der Waals surface area contributed by atoms with Gasteiger partial charge in [-0.3, -0.25) is 0 Å². The summed E-state index contributed by atoms with van der Waals surface area (Å²) in [6.07, 6.45) is 2.41. The summed E-state index contributed by atoms with van der Waals surface area (Å²) in [5.41, 5.74) is 2.09. The van der Waals surface area contributed by atoms with E-state index in [1.54, 1.807) is 0 Å². The summed E-state index contributed by atoms with van der Waals surface area (Å²) >= 11 is 5.90. The van der Waals surface area contributed by atoms with E-state index in [1.807, 2.05) is 48.5 Å². The Balaban J connectivity index is 1.36. The molecule has 2 heterocycles. The Kier molecular flexibility index (Phi) is 4.75. The van der Waals surface area contributed by atoms with Gasteiger partial charge in [-0.25, -0.2) is 9.97 Å². The van der Waals surface area contributed by atoms with Crippen LogP contribution in [0.5, 0.6) is 11.5 Å². The summed E-state index contributed by atoms with van der Waals surface area (Å²) in [7, 11) is 0. The molecule has 1 aliphatic heterocycles. The molecule has 6 nitrogen and oxygen atoms in total. The molecule has 4 rings (SSSR count). The van der Waals surface area contributed by atoms with Crippen LogP contribution in [-0.4, -0.2) is 23.3 Å². The Morgan fingerprint density at radius 2 is 1.73 bits per heavy atom. The molecule has 0 aliphatic carbocycles. The third-order valence-corrected chi connectivity index (χ3v) is 4.20. The van der Waals surface area contributed by atoms with Crippen molar-refractivity contribution in [2.45, 2.75) is 6.42 Å². The number of hydrogen-bond donors (Lipinski definition) is 2. The number of rotatable bonds is 6. The quantitative estimate of drug-likeness (QED) is 0.677. The van der Waals surface area contributed by atoms with Crippen LogP contribution in [0.15, 0.2) is 54.9 Å². The van der Waals surface area contributed by atoms with Crippen molar-refractivity contribution in [3.8, 4) is 11.5 Å². The number of halogens is 1. The molecule has 1 aliphatic rings. The first-order valence-corrected chi connectivity index (χ1v) is 8.61. The highest BCUT2D eigenvalue weighted by Crippen LogP contribution is 2.34. The molecule has 0 spiro atoms. The van der Waals surface area contributed by atoms with Crippen molar-refractivity contribution in [2.24, 2.45) is 0 Å². The predicted octanol–water partition coefficient (Wildman–Crippen LogP) is 4.26. The number of fused-ring (bicyclic) bond motifs is 1. The van der Waals surface area contributed by atoms with E-state index in [9.17, 15) is 0 Å². The normalized spacial score (nSPS) is 12.0. The van der Waals surface area contributed by atoms with Crippen LogP contribution in [0.1, 0.15) is 5.56 Å². The minimum absolute atomic E-state index is 0.258. The molecule has 0 saturated heterocycles. The van der Waals surface area contributed by atoms with Crippen molar-refractivity contribution in [2.75, 3.05) is 24.0 Å². The van der Waals surface area contributed by atoms with Gasteiger partial charge in [0.25, 0.3) is 0 Å². The molecular formula is C19H17ClN4O2. The van der Waals surface area contributed by atoms with Crippen molar-refractivity contribution in [3.05, 3.63) is 65.4 Å². The van der Waals surface area contributed by atoms with Crippen LogP contribution in [0.2, 0.25) is 5.02 Å². The van der Waals surface area contributed by atoms with Gasteiger partial charge in [0.2, 0.25) is 6.79 Å². The molecule has 0 bridgehead atoms. The second-order valence-corrected chi connectivity index (χ2v) is 6.22. The third kappa shape index (κ3) is 3.97. The summed E-state index contributed by atoms with van der Waals surface area (Å²) in [5.74, 6) is 2.94. The summed E-state index contributed by atoms with van der Waals surface area (Å²) in [6.45, 7) is 1.02. The molecule has 132 valence electrons. The minimum atomic E-state index is 0.258. The summed E-state index contributed by atoms with van der Waals surface area (Å²) in [6, 6.07) is 15.4. The predicted molar refractivity (Wildman–Crippen MR) is 102 cm³/mol. The zero-order chi connectivity index (χ0) is 17.8. The number of benzene rings is 2. The number of anilines is 3. The number of aromatic nitrogens is 2. The standard InChI is InChI=1S/C19H17ClN4O2/c20-14-3-1-13(2-4-14)7-8-21-18-10-19(23-11-22-18)24-15-5-6-16-17(9-15)26-12-25-16/h1-6,9-11H,7-8,12H2,(H2,21,22,23,24). The van der Waals surface area contributed by atoms with Gasteiger partial charge >= 0.3 is 0 Å². The zero-order valence-corrected chi connectivity index (χ0v) is 14.7. The van der Waals surface area contributed by atoms with Gasteiger partial charge in [-0.1, -0.05) is 23.7 Å². The fourth-order valence-electron chi connectivity index (χ4n) is 2.63. The highest BCUT2D eigenvalue weighted by Gasteiger charge is 2.13. The van der Waals surface area contributed by atoms with Gasteiger partial charge < -0.3 is 20.1 Å². The van der Waals surface area contributed by atoms with E-state index in [4.69, 9.17) is 21.1 Å². The van der Waals surface area contributed by atoms with Crippen LogP contribution in [0.25, 0.3) is 0 Å². The highest BCUT2D eigenvalue weighted by atomic mass is 35.5. The molecule has 0 fully saturated rings. The Hall–Kier alpha value is -2.99. The Labute approximate surface area is 156 Å². The molecular weight excluding hydrogens is 352 g/mol. The molecule has 0 atom stereocenters. The SMILES string of the molecule is Clc1ccc(CCNc2cc(Nc3ccc4c(c3)OCO4)ncn2)cc1. The largest absolute Gasteiger partial charge is 0.454 e. The number of nitrogens with zero attached hydrogens (tertiary/aromatic N) is 2. The second kappa shape index (κ2) is 7.49. The fraction of sp³-hybridized carbons (Fsp3) is 0.158. The lowest BCUT2D eigenvalue weighted by Crippen LogP contribution is -2.07. The molecule has 7 heteroatoms. The van der Waals surface area contributed by atoms with E-state index in [0.29, 0.717) is 5.82 Å². The minimum Gasteiger partial charge on any atom is -0.454 e. The molecule has 0 radical (unpaired) electrons. The van der Waals surface area contributed by atoms with Gasteiger partial charge in [-0.15, -0.1) is 0 Å². The first kappa shape index (κ1) is 16.5. The number of nitrogens with one attached hydrogen (secondary N) is 2. The Bertz CT molecular complexity index is 902. The van der Waals surface area contributed by atoms with E-state index in [-0.39, 0.29) is 6.79 Å². The Morgan fingerprint density at radius 3 is 2.62 bits per heavy atom. The molecule has 26 heavy (non-hydrogen) atoms. The van der Waals surface area contributed by atoms with Crippen molar-refractivity contribution < 1.29 is 9.47 Å². The fourth-order valence-corrected chi connectivity index (χ4v) is 2.76. The lowest BCUT2D eigenvalue weighted by molar-refractivity contribution is 0.174. The third-order valence-electron chi connectivity index (χ3n) is 3.95. The van der Waals surface area contributed by atoms with Gasteiger partial charge in [0.15, 0.2) is 11.5 Å². The highest BCUT2D eigenvalue weighted by molar-refractivity contribution is 6.30. The molecule has 0 unspecified atom stereocenters. The van der Waals surface area contributed by atoms with E-state index < -0.39 is 0 Å². The second-order valence-electron chi connectivity index (χ2n) is 5.78. The van der Waals surface area contributed by atoms with Crippen LogP contribution in [0, 0.1) is 0 Å². The van der Waals surface area contributed by atoms with Crippen LogP contribution >= 0.6 is 11.6 Å². The number of ether oxygens (including phenoxy) is 2. The van der Waals surface area contributed by atoms with E-state index in [2.05, 4.69) is 20.6 Å². The first-order valence-electron chi connectivity index (χ1n) is 8.23. The van der Waals surface area contributed by atoms with Crippen molar-refractivity contribution in [1.82, 2.24) is 9.97 Å². The van der Waals surface area contributed by atoms with Crippen molar-refractivity contribution >= 4 is 28.9 Å². The van der Waals surface area contributed by atoms with Gasteiger partial charge in [0.05, 0.1) is 0 Å². The molecule has 0 saturated carbocycles.